The minimum atomic E-state index is -0.121. The van der Waals surface area contributed by atoms with Crippen molar-refractivity contribution in [3.05, 3.63) is 35.6 Å². The Morgan fingerprint density at radius 1 is 1.38 bits per heavy atom. The van der Waals surface area contributed by atoms with Crippen molar-refractivity contribution >= 4 is 29.9 Å². The molecule has 1 saturated heterocycles. The van der Waals surface area contributed by atoms with Crippen LogP contribution in [-0.2, 0) is 9.47 Å². The Hall–Kier alpha value is -0.930. The summed E-state index contributed by atoms with van der Waals surface area (Å²) < 4.78 is 24.8. The average Bonchev–Trinajstić information content (AvgIpc) is 3.18. The highest BCUT2D eigenvalue weighted by molar-refractivity contribution is 14.0. The van der Waals surface area contributed by atoms with E-state index in [4.69, 9.17) is 9.47 Å². The van der Waals surface area contributed by atoms with Crippen molar-refractivity contribution in [1.29, 1.82) is 0 Å². The Bertz CT molecular complexity index is 582. The quantitative estimate of drug-likeness (QED) is 0.262. The van der Waals surface area contributed by atoms with Crippen LogP contribution in [0.4, 0.5) is 4.39 Å². The van der Waals surface area contributed by atoms with E-state index in [9.17, 15) is 4.39 Å². The molecule has 0 spiro atoms. The maximum Gasteiger partial charge on any atom is 0.191 e. The van der Waals surface area contributed by atoms with Crippen molar-refractivity contribution < 1.29 is 13.9 Å². The molecule has 1 aromatic carbocycles. The molecule has 3 atom stereocenters. The third kappa shape index (κ3) is 6.35. The van der Waals surface area contributed by atoms with Gasteiger partial charge in [-0.05, 0) is 30.9 Å². The molecule has 7 heteroatoms. The van der Waals surface area contributed by atoms with Crippen molar-refractivity contribution in [2.75, 3.05) is 40.0 Å². The lowest BCUT2D eigenvalue weighted by atomic mass is 10.1. The van der Waals surface area contributed by atoms with E-state index in [1.807, 2.05) is 12.1 Å². The van der Waals surface area contributed by atoms with Crippen molar-refractivity contribution in [2.24, 2.45) is 10.9 Å². The molecule has 26 heavy (non-hydrogen) atoms. The molecule has 1 aliphatic carbocycles. The molecule has 2 N–H and O–H groups in total. The average molecular weight is 477 g/mol. The fraction of sp³-hybridized carbons (Fsp3) is 0.632. The van der Waals surface area contributed by atoms with Crippen LogP contribution in [-0.4, -0.2) is 52.0 Å². The minimum Gasteiger partial charge on any atom is -0.381 e. The standard InChI is InChI=1S/C19H28FN3O2.HI/c1-21-19(22-8-4-9-24-12-14-7-10-25-13-14)23-18-11-16(18)15-5-2-3-6-17(15)20;/h2-3,5-6,14,16,18H,4,7-13H2,1H3,(H2,21,22,23);1H. The number of nitrogens with zero attached hydrogens (tertiary/aromatic N) is 1. The molecule has 3 unspecified atom stereocenters. The van der Waals surface area contributed by atoms with Gasteiger partial charge in [-0.2, -0.15) is 0 Å². The van der Waals surface area contributed by atoms with Gasteiger partial charge in [0.05, 0.1) is 13.2 Å². The first-order valence-corrected chi connectivity index (χ1v) is 9.15. The molecule has 0 bridgehead atoms. The van der Waals surface area contributed by atoms with Gasteiger partial charge in [0, 0.05) is 44.7 Å². The number of aliphatic imine (C=N–C) groups is 1. The van der Waals surface area contributed by atoms with Crippen LogP contribution in [0, 0.1) is 11.7 Å². The molecule has 0 radical (unpaired) electrons. The molecule has 2 fully saturated rings. The summed E-state index contributed by atoms with van der Waals surface area (Å²) >= 11 is 0. The van der Waals surface area contributed by atoms with Gasteiger partial charge in [0.25, 0.3) is 0 Å². The maximum absolute atomic E-state index is 13.8. The summed E-state index contributed by atoms with van der Waals surface area (Å²) in [5.74, 6) is 1.45. The largest absolute Gasteiger partial charge is 0.381 e. The second-order valence-corrected chi connectivity index (χ2v) is 6.77. The molecule has 1 saturated carbocycles. The summed E-state index contributed by atoms with van der Waals surface area (Å²) in [6.45, 7) is 4.03. The number of rotatable bonds is 8. The zero-order valence-corrected chi connectivity index (χ0v) is 17.6. The fourth-order valence-corrected chi connectivity index (χ4v) is 3.19. The lowest BCUT2D eigenvalue weighted by molar-refractivity contribution is 0.0888. The third-order valence-electron chi connectivity index (χ3n) is 4.78. The van der Waals surface area contributed by atoms with Gasteiger partial charge in [-0.3, -0.25) is 4.99 Å². The molecule has 1 aliphatic heterocycles. The minimum absolute atomic E-state index is 0. The van der Waals surface area contributed by atoms with E-state index < -0.39 is 0 Å². The van der Waals surface area contributed by atoms with Gasteiger partial charge in [0.2, 0.25) is 0 Å². The van der Waals surface area contributed by atoms with Gasteiger partial charge in [-0.1, -0.05) is 18.2 Å². The Morgan fingerprint density at radius 3 is 2.96 bits per heavy atom. The molecule has 0 aromatic heterocycles. The number of ether oxygens (including phenoxy) is 2. The summed E-state index contributed by atoms with van der Waals surface area (Å²) in [6.07, 6.45) is 2.98. The van der Waals surface area contributed by atoms with Crippen molar-refractivity contribution in [2.45, 2.75) is 31.2 Å². The molecule has 0 amide bonds. The van der Waals surface area contributed by atoms with E-state index in [2.05, 4.69) is 15.6 Å². The van der Waals surface area contributed by atoms with E-state index in [0.717, 1.165) is 63.8 Å². The summed E-state index contributed by atoms with van der Waals surface area (Å²) in [4.78, 5) is 4.24. The smallest absolute Gasteiger partial charge is 0.191 e. The predicted octanol–water partition coefficient (Wildman–Crippen LogP) is 2.91. The number of hydrogen-bond acceptors (Lipinski definition) is 3. The number of nitrogens with one attached hydrogen (secondary N) is 2. The first kappa shape index (κ1) is 21.4. The van der Waals surface area contributed by atoms with Crippen LogP contribution >= 0.6 is 24.0 Å². The first-order valence-electron chi connectivity index (χ1n) is 9.15. The highest BCUT2D eigenvalue weighted by Gasteiger charge is 2.40. The summed E-state index contributed by atoms with van der Waals surface area (Å²) in [7, 11) is 1.76. The van der Waals surface area contributed by atoms with Crippen LogP contribution in [0.3, 0.4) is 0 Å². The normalized spacial score (nSPS) is 24.8. The molecule has 1 aromatic rings. The van der Waals surface area contributed by atoms with Crippen LogP contribution in [0.5, 0.6) is 0 Å². The highest BCUT2D eigenvalue weighted by Crippen LogP contribution is 2.41. The number of benzene rings is 1. The number of halogens is 2. The van der Waals surface area contributed by atoms with Gasteiger partial charge < -0.3 is 20.1 Å². The highest BCUT2D eigenvalue weighted by atomic mass is 127. The molecular weight excluding hydrogens is 448 g/mol. The Morgan fingerprint density at radius 2 is 2.23 bits per heavy atom. The second-order valence-electron chi connectivity index (χ2n) is 6.77. The third-order valence-corrected chi connectivity index (χ3v) is 4.78. The molecule has 146 valence electrons. The van der Waals surface area contributed by atoms with Crippen LogP contribution in [0.1, 0.15) is 30.7 Å². The van der Waals surface area contributed by atoms with Gasteiger partial charge in [0.1, 0.15) is 5.82 Å². The van der Waals surface area contributed by atoms with Crippen molar-refractivity contribution in [3.63, 3.8) is 0 Å². The topological polar surface area (TPSA) is 54.9 Å². The van der Waals surface area contributed by atoms with E-state index in [-0.39, 0.29) is 41.8 Å². The lowest BCUT2D eigenvalue weighted by Gasteiger charge is -2.13. The molecule has 5 nitrogen and oxygen atoms in total. The van der Waals surface area contributed by atoms with Crippen molar-refractivity contribution in [3.8, 4) is 0 Å². The van der Waals surface area contributed by atoms with Gasteiger partial charge in [-0.25, -0.2) is 4.39 Å². The molecular formula is C19H29FIN3O2. The maximum atomic E-state index is 13.8. The van der Waals surface area contributed by atoms with Gasteiger partial charge in [-0.15, -0.1) is 24.0 Å². The fourth-order valence-electron chi connectivity index (χ4n) is 3.19. The zero-order chi connectivity index (χ0) is 17.5. The predicted molar refractivity (Wildman–Crippen MR) is 112 cm³/mol. The summed E-state index contributed by atoms with van der Waals surface area (Å²) in [5, 5.41) is 6.66. The monoisotopic (exact) mass is 477 g/mol. The van der Waals surface area contributed by atoms with E-state index in [1.54, 1.807) is 13.1 Å². The number of hydrogen-bond donors (Lipinski definition) is 2. The zero-order valence-electron chi connectivity index (χ0n) is 15.2. The SMILES string of the molecule is CN=C(NCCCOCC1CCOC1)NC1CC1c1ccccc1F.I. The van der Waals surface area contributed by atoms with Crippen LogP contribution in [0.15, 0.2) is 29.3 Å². The Kier molecular flexibility index (Phi) is 9.07. The molecule has 2 aliphatic rings. The summed E-state index contributed by atoms with van der Waals surface area (Å²) in [5.41, 5.74) is 0.791. The van der Waals surface area contributed by atoms with Crippen LogP contribution in [0.25, 0.3) is 0 Å². The van der Waals surface area contributed by atoms with E-state index in [1.165, 1.54) is 6.07 Å². The Balaban J connectivity index is 0.00000243. The van der Waals surface area contributed by atoms with Crippen molar-refractivity contribution in [1.82, 2.24) is 10.6 Å². The summed E-state index contributed by atoms with van der Waals surface area (Å²) in [6, 6.07) is 7.26. The Labute approximate surface area is 172 Å². The first-order chi connectivity index (χ1) is 12.3. The van der Waals surface area contributed by atoms with Gasteiger partial charge in [0.15, 0.2) is 5.96 Å². The van der Waals surface area contributed by atoms with Crippen LogP contribution < -0.4 is 10.6 Å². The van der Waals surface area contributed by atoms with E-state index in [0.29, 0.717) is 5.92 Å². The molecule has 3 rings (SSSR count). The van der Waals surface area contributed by atoms with Crippen LogP contribution in [0.2, 0.25) is 0 Å². The second kappa shape index (κ2) is 11.0. The lowest BCUT2D eigenvalue weighted by Crippen LogP contribution is -2.39. The number of guanidine groups is 1. The molecule has 1 heterocycles. The van der Waals surface area contributed by atoms with Gasteiger partial charge >= 0.3 is 0 Å². The van der Waals surface area contributed by atoms with E-state index >= 15 is 0 Å².